The summed E-state index contributed by atoms with van der Waals surface area (Å²) in [5.74, 6) is -0.213. The zero-order valence-corrected chi connectivity index (χ0v) is 12.6. The minimum absolute atomic E-state index is 0.0562. The lowest BCUT2D eigenvalue weighted by Gasteiger charge is -2.10. The summed E-state index contributed by atoms with van der Waals surface area (Å²) in [6.45, 7) is 0.221. The first-order valence-electron chi connectivity index (χ1n) is 6.70. The molecule has 0 saturated carbocycles. The van der Waals surface area contributed by atoms with Crippen LogP contribution in [0.15, 0.2) is 48.5 Å². The highest BCUT2D eigenvalue weighted by molar-refractivity contribution is 6.30. The molecule has 2 aromatic rings. The van der Waals surface area contributed by atoms with Crippen LogP contribution >= 0.6 is 11.6 Å². The van der Waals surface area contributed by atoms with E-state index in [1.54, 1.807) is 24.3 Å². The van der Waals surface area contributed by atoms with Gasteiger partial charge in [-0.05, 0) is 42.5 Å². The van der Waals surface area contributed by atoms with E-state index in [-0.39, 0.29) is 24.8 Å². The second-order valence-electron chi connectivity index (χ2n) is 4.64. The van der Waals surface area contributed by atoms with Gasteiger partial charge in [0.1, 0.15) is 12.4 Å². The van der Waals surface area contributed by atoms with Crippen LogP contribution in [0.5, 0.6) is 5.75 Å². The third-order valence-corrected chi connectivity index (χ3v) is 3.18. The van der Waals surface area contributed by atoms with Gasteiger partial charge >= 0.3 is 6.18 Å². The average molecular weight is 344 g/mol. The monoisotopic (exact) mass is 343 g/mol. The number of benzene rings is 2. The quantitative estimate of drug-likeness (QED) is 0.828. The van der Waals surface area contributed by atoms with Crippen molar-refractivity contribution in [2.24, 2.45) is 0 Å². The first-order valence-corrected chi connectivity index (χ1v) is 7.08. The van der Waals surface area contributed by atoms with Crippen LogP contribution in [-0.4, -0.2) is 19.1 Å². The van der Waals surface area contributed by atoms with Gasteiger partial charge in [-0.3, -0.25) is 4.79 Å². The fourth-order valence-corrected chi connectivity index (χ4v) is 1.92. The molecule has 0 aliphatic carbocycles. The van der Waals surface area contributed by atoms with Crippen molar-refractivity contribution in [3.05, 3.63) is 64.7 Å². The van der Waals surface area contributed by atoms with Crippen molar-refractivity contribution in [1.29, 1.82) is 0 Å². The molecular weight excluding hydrogens is 331 g/mol. The maximum atomic E-state index is 12.6. The summed E-state index contributed by atoms with van der Waals surface area (Å²) in [4.78, 5) is 11.8. The van der Waals surface area contributed by atoms with Gasteiger partial charge in [0.2, 0.25) is 0 Å². The van der Waals surface area contributed by atoms with E-state index in [0.717, 1.165) is 12.1 Å². The highest BCUT2D eigenvalue weighted by atomic mass is 35.5. The molecule has 0 spiro atoms. The molecule has 0 bridgehead atoms. The van der Waals surface area contributed by atoms with Crippen molar-refractivity contribution in [3.8, 4) is 5.75 Å². The maximum Gasteiger partial charge on any atom is 0.416 e. The SMILES string of the molecule is O=C(NCCOc1cccc(C(F)(F)F)c1)c1ccc(Cl)cc1. The van der Waals surface area contributed by atoms with Crippen LogP contribution in [-0.2, 0) is 6.18 Å². The lowest BCUT2D eigenvalue weighted by Crippen LogP contribution is -2.28. The van der Waals surface area contributed by atoms with Gasteiger partial charge in [-0.1, -0.05) is 17.7 Å². The van der Waals surface area contributed by atoms with Crippen molar-refractivity contribution in [1.82, 2.24) is 5.32 Å². The van der Waals surface area contributed by atoms with Crippen LogP contribution in [0.1, 0.15) is 15.9 Å². The van der Waals surface area contributed by atoms with Gasteiger partial charge in [0, 0.05) is 10.6 Å². The van der Waals surface area contributed by atoms with Gasteiger partial charge in [-0.2, -0.15) is 13.2 Å². The molecule has 2 rings (SSSR count). The third-order valence-electron chi connectivity index (χ3n) is 2.92. The number of rotatable bonds is 5. The Morgan fingerprint density at radius 2 is 1.83 bits per heavy atom. The molecule has 0 heterocycles. The van der Waals surface area contributed by atoms with Gasteiger partial charge in [-0.15, -0.1) is 0 Å². The summed E-state index contributed by atoms with van der Waals surface area (Å²) < 4.78 is 42.9. The zero-order chi connectivity index (χ0) is 16.9. The number of halogens is 4. The normalized spacial score (nSPS) is 11.1. The van der Waals surface area contributed by atoms with E-state index >= 15 is 0 Å². The molecule has 0 unspecified atom stereocenters. The number of ether oxygens (including phenoxy) is 1. The van der Waals surface area contributed by atoms with E-state index in [2.05, 4.69) is 5.32 Å². The lowest BCUT2D eigenvalue weighted by molar-refractivity contribution is -0.137. The Bertz CT molecular complexity index is 672. The number of amides is 1. The molecule has 0 fully saturated rings. The molecule has 0 aliphatic rings. The molecule has 122 valence electrons. The van der Waals surface area contributed by atoms with Crippen molar-refractivity contribution >= 4 is 17.5 Å². The van der Waals surface area contributed by atoms with Crippen molar-refractivity contribution in [2.45, 2.75) is 6.18 Å². The highest BCUT2D eigenvalue weighted by Gasteiger charge is 2.30. The van der Waals surface area contributed by atoms with Crippen LogP contribution in [0.3, 0.4) is 0 Å². The van der Waals surface area contributed by atoms with Crippen LogP contribution in [0, 0.1) is 0 Å². The number of carbonyl (C=O) groups is 1. The first kappa shape index (κ1) is 17.1. The predicted molar refractivity (Wildman–Crippen MR) is 80.7 cm³/mol. The van der Waals surface area contributed by atoms with Gasteiger partial charge < -0.3 is 10.1 Å². The molecule has 23 heavy (non-hydrogen) atoms. The van der Waals surface area contributed by atoms with Gasteiger partial charge in [0.15, 0.2) is 0 Å². The Balaban J connectivity index is 1.81. The summed E-state index contributed by atoms with van der Waals surface area (Å²) in [6, 6.07) is 10.9. The predicted octanol–water partition coefficient (Wildman–Crippen LogP) is 4.17. The Kier molecular flexibility index (Phi) is 5.50. The zero-order valence-electron chi connectivity index (χ0n) is 11.9. The Labute approximate surface area is 136 Å². The third kappa shape index (κ3) is 5.17. The Morgan fingerprint density at radius 1 is 1.13 bits per heavy atom. The standard InChI is InChI=1S/C16H13ClF3NO2/c17-13-6-4-11(5-7-13)15(22)21-8-9-23-14-3-1-2-12(10-14)16(18,19)20/h1-7,10H,8-9H2,(H,21,22). The number of hydrogen-bond acceptors (Lipinski definition) is 2. The maximum absolute atomic E-state index is 12.6. The Hall–Kier alpha value is -2.21. The summed E-state index contributed by atoms with van der Waals surface area (Å²) in [7, 11) is 0. The molecule has 0 aliphatic heterocycles. The number of hydrogen-bond donors (Lipinski definition) is 1. The van der Waals surface area contributed by atoms with E-state index in [1.165, 1.54) is 12.1 Å². The van der Waals surface area contributed by atoms with Crippen molar-refractivity contribution < 1.29 is 22.7 Å². The van der Waals surface area contributed by atoms with Crippen LogP contribution in [0.4, 0.5) is 13.2 Å². The fourth-order valence-electron chi connectivity index (χ4n) is 1.80. The highest BCUT2D eigenvalue weighted by Crippen LogP contribution is 2.31. The minimum atomic E-state index is -4.41. The summed E-state index contributed by atoms with van der Waals surface area (Å²) in [5, 5.41) is 3.13. The molecule has 2 aromatic carbocycles. The molecule has 0 saturated heterocycles. The minimum Gasteiger partial charge on any atom is -0.492 e. The summed E-state index contributed by atoms with van der Waals surface area (Å²) >= 11 is 5.72. The number of alkyl halides is 3. The second-order valence-corrected chi connectivity index (χ2v) is 5.07. The van der Waals surface area contributed by atoms with Crippen LogP contribution in [0.2, 0.25) is 5.02 Å². The topological polar surface area (TPSA) is 38.3 Å². The number of carbonyl (C=O) groups excluding carboxylic acids is 1. The van der Waals surface area contributed by atoms with E-state index in [0.29, 0.717) is 10.6 Å². The summed E-state index contributed by atoms with van der Waals surface area (Å²) in [5.41, 5.74) is -0.339. The molecular formula is C16H13ClF3NO2. The van der Waals surface area contributed by atoms with Gasteiger partial charge in [0.25, 0.3) is 5.91 Å². The molecule has 0 radical (unpaired) electrons. The molecule has 3 nitrogen and oxygen atoms in total. The van der Waals surface area contributed by atoms with Crippen LogP contribution < -0.4 is 10.1 Å². The summed E-state index contributed by atoms with van der Waals surface area (Å²) in [6.07, 6.45) is -4.41. The van der Waals surface area contributed by atoms with Crippen LogP contribution in [0.25, 0.3) is 0 Å². The second kappa shape index (κ2) is 7.37. The Morgan fingerprint density at radius 3 is 2.48 bits per heavy atom. The first-order chi connectivity index (χ1) is 10.9. The van der Waals surface area contributed by atoms with E-state index in [4.69, 9.17) is 16.3 Å². The lowest BCUT2D eigenvalue weighted by atomic mass is 10.2. The van der Waals surface area contributed by atoms with Gasteiger partial charge in [-0.25, -0.2) is 0 Å². The van der Waals surface area contributed by atoms with E-state index in [1.807, 2.05) is 0 Å². The molecule has 1 amide bonds. The molecule has 1 N–H and O–H groups in total. The van der Waals surface area contributed by atoms with E-state index < -0.39 is 11.7 Å². The smallest absolute Gasteiger partial charge is 0.416 e. The average Bonchev–Trinajstić information content (AvgIpc) is 2.51. The molecule has 0 aromatic heterocycles. The van der Waals surface area contributed by atoms with E-state index in [9.17, 15) is 18.0 Å². The van der Waals surface area contributed by atoms with Gasteiger partial charge in [0.05, 0.1) is 12.1 Å². The fraction of sp³-hybridized carbons (Fsp3) is 0.188. The largest absolute Gasteiger partial charge is 0.492 e. The number of nitrogens with one attached hydrogen (secondary N) is 1. The van der Waals surface area contributed by atoms with Crippen molar-refractivity contribution in [3.63, 3.8) is 0 Å². The van der Waals surface area contributed by atoms with Crippen molar-refractivity contribution in [2.75, 3.05) is 13.2 Å². The molecule has 7 heteroatoms. The molecule has 0 atom stereocenters.